The number of hydrogen-bond donors (Lipinski definition) is 4. The number of rotatable bonds is 9. The molecule has 0 amide bonds. The highest BCUT2D eigenvalue weighted by atomic mass is 16.6. The number of benzene rings is 2. The van der Waals surface area contributed by atoms with Gasteiger partial charge in [-0.2, -0.15) is 0 Å². The van der Waals surface area contributed by atoms with Crippen molar-refractivity contribution >= 4 is 23.4 Å². The van der Waals surface area contributed by atoms with Crippen molar-refractivity contribution in [3.05, 3.63) is 52.3 Å². The molecule has 0 aliphatic heterocycles. The summed E-state index contributed by atoms with van der Waals surface area (Å²) in [6.07, 6.45) is 0. The molecule has 0 aliphatic carbocycles. The van der Waals surface area contributed by atoms with Gasteiger partial charge in [-0.15, -0.1) is 0 Å². The molecule has 0 bridgehead atoms. The number of nitrogens with one attached hydrogen (secondary N) is 2. The zero-order valence-corrected chi connectivity index (χ0v) is 19.3. The zero-order valence-electron chi connectivity index (χ0n) is 19.3. The molecule has 0 fully saturated rings. The molecular formula is C23H25N5O7. The summed E-state index contributed by atoms with van der Waals surface area (Å²) in [5, 5.41) is 0. The Morgan fingerprint density at radius 1 is 1.06 bits per heavy atom. The summed E-state index contributed by atoms with van der Waals surface area (Å²) in [6, 6.07) is 9.87. The highest BCUT2D eigenvalue weighted by molar-refractivity contribution is 5.92. The maximum Gasteiger partial charge on any atom is 0.343 e. The van der Waals surface area contributed by atoms with Crippen LogP contribution in [0.15, 0.2) is 41.2 Å². The Kier molecular flexibility index (Phi) is 7.89. The molecule has 3 rings (SSSR count). The number of nitrogens with two attached hydrogens (primary N) is 2. The Balaban J connectivity index is 2.10. The van der Waals surface area contributed by atoms with Crippen LogP contribution in [0.1, 0.15) is 17.3 Å². The van der Waals surface area contributed by atoms with Crippen molar-refractivity contribution in [2.45, 2.75) is 6.92 Å². The van der Waals surface area contributed by atoms with Crippen LogP contribution in [0.5, 0.6) is 11.5 Å². The molecule has 0 unspecified atom stereocenters. The number of esters is 2. The van der Waals surface area contributed by atoms with Gasteiger partial charge < -0.3 is 35.1 Å². The normalized spacial score (nSPS) is 10.4. The van der Waals surface area contributed by atoms with Gasteiger partial charge in [-0.05, 0) is 48.4 Å². The standard InChI is InChI=1S/C23H25N5O7/c1-4-34-17-10-12(5-6-16(17)20-26-21(28-25)19(24)22(30)27-20)13-7-14(23(31)33-3)9-15(8-13)35-11-18(29)32-2/h5-10H,4,11,24-25H2,1-3H3,(H2,26,27,28,30). The van der Waals surface area contributed by atoms with Crippen LogP contribution in [0.4, 0.5) is 11.5 Å². The number of nitrogen functional groups attached to an aromatic ring is 2. The Hall–Kier alpha value is -4.58. The number of H-pyrrole nitrogens is 1. The van der Waals surface area contributed by atoms with Gasteiger partial charge in [0.2, 0.25) is 0 Å². The fraction of sp³-hybridized carbons (Fsp3) is 0.217. The van der Waals surface area contributed by atoms with Crippen LogP contribution in [-0.2, 0) is 14.3 Å². The molecular weight excluding hydrogens is 458 g/mol. The number of carbonyl (C=O) groups is 2. The number of methoxy groups -OCH3 is 2. The maximum absolute atomic E-state index is 12.2. The second-order valence-electron chi connectivity index (χ2n) is 7.07. The third-order valence-corrected chi connectivity index (χ3v) is 4.87. The van der Waals surface area contributed by atoms with E-state index in [-0.39, 0.29) is 35.2 Å². The van der Waals surface area contributed by atoms with Crippen LogP contribution in [-0.4, -0.2) is 49.3 Å². The molecule has 1 heterocycles. The minimum Gasteiger partial charge on any atom is -0.493 e. The van der Waals surface area contributed by atoms with Gasteiger partial charge in [0, 0.05) is 0 Å². The van der Waals surface area contributed by atoms with E-state index in [1.54, 1.807) is 37.3 Å². The molecule has 0 saturated carbocycles. The molecule has 6 N–H and O–H groups in total. The molecule has 12 heteroatoms. The van der Waals surface area contributed by atoms with E-state index in [9.17, 15) is 14.4 Å². The van der Waals surface area contributed by atoms with E-state index in [1.807, 2.05) is 0 Å². The van der Waals surface area contributed by atoms with Gasteiger partial charge in [-0.25, -0.2) is 20.4 Å². The monoisotopic (exact) mass is 483 g/mol. The Bertz CT molecular complexity index is 1310. The number of aromatic amines is 1. The Morgan fingerprint density at radius 3 is 2.49 bits per heavy atom. The number of anilines is 2. The van der Waals surface area contributed by atoms with Gasteiger partial charge in [0.25, 0.3) is 5.56 Å². The molecule has 1 aromatic heterocycles. The lowest BCUT2D eigenvalue weighted by Gasteiger charge is -2.14. The van der Waals surface area contributed by atoms with Gasteiger partial charge in [0.15, 0.2) is 12.4 Å². The van der Waals surface area contributed by atoms with E-state index >= 15 is 0 Å². The van der Waals surface area contributed by atoms with Crippen LogP contribution >= 0.6 is 0 Å². The van der Waals surface area contributed by atoms with Crippen molar-refractivity contribution in [3.63, 3.8) is 0 Å². The number of hydrazine groups is 1. The van der Waals surface area contributed by atoms with E-state index in [0.29, 0.717) is 29.0 Å². The highest BCUT2D eigenvalue weighted by Gasteiger charge is 2.17. The SMILES string of the molecule is CCOc1cc(-c2cc(OCC(=O)OC)cc(C(=O)OC)c2)ccc1-c1nc(NN)c(N)c(=O)[nH]1. The van der Waals surface area contributed by atoms with E-state index in [0.717, 1.165) is 0 Å². The van der Waals surface area contributed by atoms with E-state index < -0.39 is 17.5 Å². The van der Waals surface area contributed by atoms with Crippen molar-refractivity contribution in [3.8, 4) is 34.0 Å². The molecule has 2 aromatic carbocycles. The van der Waals surface area contributed by atoms with Crippen LogP contribution in [0.3, 0.4) is 0 Å². The van der Waals surface area contributed by atoms with Crippen molar-refractivity contribution in [1.29, 1.82) is 0 Å². The predicted molar refractivity (Wildman–Crippen MR) is 128 cm³/mol. The minimum absolute atomic E-state index is 0.0217. The van der Waals surface area contributed by atoms with E-state index in [4.69, 9.17) is 25.8 Å². The van der Waals surface area contributed by atoms with E-state index in [1.165, 1.54) is 20.3 Å². The first kappa shape index (κ1) is 25.1. The zero-order chi connectivity index (χ0) is 25.5. The largest absolute Gasteiger partial charge is 0.493 e. The molecule has 0 saturated heterocycles. The van der Waals surface area contributed by atoms with Crippen LogP contribution in [0.25, 0.3) is 22.5 Å². The molecule has 184 valence electrons. The average molecular weight is 483 g/mol. The van der Waals surface area contributed by atoms with Crippen molar-refractivity contribution in [2.75, 3.05) is 38.6 Å². The predicted octanol–water partition coefficient (Wildman–Crippen LogP) is 1.71. The Morgan fingerprint density at radius 2 is 1.83 bits per heavy atom. The quantitative estimate of drug-likeness (QED) is 0.197. The highest BCUT2D eigenvalue weighted by Crippen LogP contribution is 2.35. The van der Waals surface area contributed by atoms with Gasteiger partial charge in [-0.1, -0.05) is 6.07 Å². The lowest BCUT2D eigenvalue weighted by Crippen LogP contribution is -2.20. The van der Waals surface area contributed by atoms with Crippen molar-refractivity contribution in [1.82, 2.24) is 9.97 Å². The lowest BCUT2D eigenvalue weighted by molar-refractivity contribution is -0.142. The molecule has 35 heavy (non-hydrogen) atoms. The molecule has 3 aromatic rings. The molecule has 12 nitrogen and oxygen atoms in total. The summed E-state index contributed by atoms with van der Waals surface area (Å²) in [7, 11) is 2.51. The van der Waals surface area contributed by atoms with Crippen molar-refractivity contribution < 1.29 is 28.5 Å². The summed E-state index contributed by atoms with van der Waals surface area (Å²) in [5.74, 6) is 5.15. The molecule has 0 atom stereocenters. The first-order valence-corrected chi connectivity index (χ1v) is 10.4. The summed E-state index contributed by atoms with van der Waals surface area (Å²) in [4.78, 5) is 42.8. The van der Waals surface area contributed by atoms with Gasteiger partial charge >= 0.3 is 11.9 Å². The fourth-order valence-electron chi connectivity index (χ4n) is 3.18. The van der Waals surface area contributed by atoms with Gasteiger partial charge in [-0.3, -0.25) is 4.79 Å². The first-order valence-electron chi connectivity index (χ1n) is 10.4. The average Bonchev–Trinajstić information content (AvgIpc) is 2.88. The maximum atomic E-state index is 12.2. The number of nitrogens with zero attached hydrogens (tertiary/aromatic N) is 1. The molecule has 0 radical (unpaired) electrons. The fourth-order valence-corrected chi connectivity index (χ4v) is 3.18. The Labute approximate surface area is 200 Å². The molecule has 0 spiro atoms. The van der Waals surface area contributed by atoms with Gasteiger partial charge in [0.1, 0.15) is 23.0 Å². The third-order valence-electron chi connectivity index (χ3n) is 4.87. The van der Waals surface area contributed by atoms with E-state index in [2.05, 4.69) is 20.1 Å². The number of carbonyl (C=O) groups excluding carboxylic acids is 2. The summed E-state index contributed by atoms with van der Waals surface area (Å²) < 4.78 is 20.7. The second kappa shape index (κ2) is 11.0. The third kappa shape index (κ3) is 5.68. The topological polar surface area (TPSA) is 181 Å². The van der Waals surface area contributed by atoms with Crippen LogP contribution < -0.4 is 32.0 Å². The first-order chi connectivity index (χ1) is 16.8. The summed E-state index contributed by atoms with van der Waals surface area (Å²) in [5.41, 5.74) is 9.22. The number of hydrogen-bond acceptors (Lipinski definition) is 11. The van der Waals surface area contributed by atoms with Crippen molar-refractivity contribution in [2.24, 2.45) is 5.84 Å². The summed E-state index contributed by atoms with van der Waals surface area (Å²) >= 11 is 0. The van der Waals surface area contributed by atoms with Crippen LogP contribution in [0, 0.1) is 0 Å². The van der Waals surface area contributed by atoms with Gasteiger partial charge in [0.05, 0.1) is 32.0 Å². The molecule has 0 aliphatic rings. The number of ether oxygens (including phenoxy) is 4. The van der Waals surface area contributed by atoms with Crippen LogP contribution in [0.2, 0.25) is 0 Å². The second-order valence-corrected chi connectivity index (χ2v) is 7.07. The lowest BCUT2D eigenvalue weighted by atomic mass is 10.00. The smallest absolute Gasteiger partial charge is 0.343 e. The number of aromatic nitrogens is 2. The minimum atomic E-state index is -0.582. The summed E-state index contributed by atoms with van der Waals surface area (Å²) in [6.45, 7) is 1.80.